The van der Waals surface area contributed by atoms with E-state index in [2.05, 4.69) is 22.2 Å². The van der Waals surface area contributed by atoms with E-state index in [0.717, 1.165) is 83.1 Å². The van der Waals surface area contributed by atoms with Crippen LogP contribution in [0.5, 0.6) is 0 Å². The topological polar surface area (TPSA) is 94.9 Å². The lowest BCUT2D eigenvalue weighted by molar-refractivity contribution is -0.139. The number of aromatic nitrogens is 1. The van der Waals surface area contributed by atoms with Gasteiger partial charge in [0, 0.05) is 44.0 Å². The van der Waals surface area contributed by atoms with Gasteiger partial charge in [0.2, 0.25) is 5.91 Å². The Bertz CT molecular complexity index is 1900. The molecule has 53 heavy (non-hydrogen) atoms. The minimum Gasteiger partial charge on any atom is -0.481 e. The molecule has 8 nitrogen and oxygen atoms in total. The molecule has 2 fully saturated rings. The number of likely N-dealkylation sites (tertiary alicyclic amines) is 1. The SMILES string of the molecule is Cc1cc(F)cc(C)c1-c1cc([C@@H](CC(=O)O)NC(=O)[C@@H](CC(C)C)n2cc(CCN3CC4CCC(C3)N4C)c(C(F)(F)F)cc2=O)cc2c1CCC2. The van der Waals surface area contributed by atoms with E-state index < -0.39 is 47.7 Å². The number of amides is 1. The van der Waals surface area contributed by atoms with Crippen molar-refractivity contribution in [2.75, 3.05) is 26.7 Å². The number of carboxylic acid groups (broad SMARTS) is 1. The molecule has 286 valence electrons. The summed E-state index contributed by atoms with van der Waals surface area (Å²) in [6.45, 7) is 9.29. The van der Waals surface area contributed by atoms with Crippen molar-refractivity contribution in [3.05, 3.63) is 91.6 Å². The molecule has 0 saturated carbocycles. The molecule has 3 heterocycles. The lowest BCUT2D eigenvalue weighted by Crippen LogP contribution is -2.52. The maximum absolute atomic E-state index is 14.4. The minimum atomic E-state index is -4.76. The zero-order chi connectivity index (χ0) is 38.4. The van der Waals surface area contributed by atoms with Gasteiger partial charge < -0.3 is 15.0 Å². The molecule has 4 atom stereocenters. The van der Waals surface area contributed by atoms with Crippen LogP contribution in [0, 0.1) is 25.6 Å². The summed E-state index contributed by atoms with van der Waals surface area (Å²) in [6, 6.07) is 5.86. The van der Waals surface area contributed by atoms with Gasteiger partial charge in [0.05, 0.1) is 18.0 Å². The molecular formula is C41H50F4N4O4. The van der Waals surface area contributed by atoms with E-state index in [9.17, 15) is 37.1 Å². The van der Waals surface area contributed by atoms with Crippen molar-refractivity contribution in [1.29, 1.82) is 0 Å². The standard InChI is InChI=1S/C41H50F4N4O4/c1-23(2)13-36(49-20-27(34(18-37(49)50)41(43,44)45)11-12-48-21-30-9-10-31(22-48)47(30)5)40(53)46-35(19-38(51)52)28-16-26-7-6-8-32(26)33(17-28)39-24(3)14-29(42)15-25(39)4/h14-18,20,23,30-31,35-36H,6-13,19,21-22H2,1-5H3,(H,46,53)(H,51,52)/t30?,31?,35-,36-/m1/s1. The Morgan fingerprint density at radius 3 is 2.26 bits per heavy atom. The molecule has 3 aliphatic rings. The number of alkyl halides is 3. The summed E-state index contributed by atoms with van der Waals surface area (Å²) in [5, 5.41) is 12.9. The lowest BCUT2D eigenvalue weighted by atomic mass is 9.87. The van der Waals surface area contributed by atoms with Crippen molar-refractivity contribution < 1.29 is 32.3 Å². The van der Waals surface area contributed by atoms with Crippen LogP contribution in [0.4, 0.5) is 17.6 Å². The summed E-state index contributed by atoms with van der Waals surface area (Å²) >= 11 is 0. The highest BCUT2D eigenvalue weighted by Crippen LogP contribution is 2.40. The number of likely N-dealkylation sites (N-methyl/N-ethyl adjacent to an activating group) is 1. The fraction of sp³-hybridized carbons (Fsp3) is 0.537. The lowest BCUT2D eigenvalue weighted by Gasteiger charge is -2.39. The fourth-order valence-electron chi connectivity index (χ4n) is 8.94. The molecule has 0 spiro atoms. The van der Waals surface area contributed by atoms with Gasteiger partial charge in [0.25, 0.3) is 5.56 Å². The number of halogens is 4. The average molecular weight is 739 g/mol. The monoisotopic (exact) mass is 738 g/mol. The van der Waals surface area contributed by atoms with Crippen LogP contribution in [0.2, 0.25) is 0 Å². The van der Waals surface area contributed by atoms with Crippen LogP contribution in [-0.2, 0) is 35.0 Å². The van der Waals surface area contributed by atoms with Crippen molar-refractivity contribution >= 4 is 11.9 Å². The first-order valence-electron chi connectivity index (χ1n) is 18.7. The number of aryl methyl sites for hydroxylation is 3. The molecule has 1 amide bonds. The van der Waals surface area contributed by atoms with Crippen LogP contribution in [-0.4, -0.2) is 70.1 Å². The van der Waals surface area contributed by atoms with Gasteiger partial charge in [-0.2, -0.15) is 13.2 Å². The number of carbonyl (C=O) groups is 2. The van der Waals surface area contributed by atoms with E-state index >= 15 is 0 Å². The maximum Gasteiger partial charge on any atom is 0.416 e. The third kappa shape index (κ3) is 8.38. The largest absolute Gasteiger partial charge is 0.481 e. The number of carbonyl (C=O) groups excluding carboxylic acids is 1. The summed E-state index contributed by atoms with van der Waals surface area (Å²) in [4.78, 5) is 44.6. The molecule has 2 bridgehead atoms. The Kier molecular flexibility index (Phi) is 11.2. The number of hydrogen-bond acceptors (Lipinski definition) is 5. The van der Waals surface area contributed by atoms with Gasteiger partial charge in [-0.15, -0.1) is 0 Å². The number of pyridine rings is 1. The van der Waals surface area contributed by atoms with Gasteiger partial charge >= 0.3 is 12.1 Å². The second-order valence-corrected chi connectivity index (χ2v) is 15.8. The van der Waals surface area contributed by atoms with Gasteiger partial charge in [0.15, 0.2) is 0 Å². The summed E-state index contributed by atoms with van der Waals surface area (Å²) in [5.74, 6) is -2.28. The third-order valence-corrected chi connectivity index (χ3v) is 11.5. The number of carboxylic acids is 1. The van der Waals surface area contributed by atoms with E-state index in [1.54, 1.807) is 0 Å². The quantitative estimate of drug-likeness (QED) is 0.194. The molecular weight excluding hydrogens is 688 g/mol. The van der Waals surface area contributed by atoms with E-state index in [4.69, 9.17) is 0 Å². The average Bonchev–Trinajstić information content (AvgIpc) is 3.60. The summed E-state index contributed by atoms with van der Waals surface area (Å²) in [7, 11) is 2.09. The normalized spacial score (nSPS) is 20.1. The first-order chi connectivity index (χ1) is 25.0. The van der Waals surface area contributed by atoms with Crippen LogP contribution in [0.25, 0.3) is 11.1 Å². The maximum atomic E-state index is 14.4. The van der Waals surface area contributed by atoms with Crippen LogP contribution in [0.1, 0.15) is 97.0 Å². The van der Waals surface area contributed by atoms with E-state index in [0.29, 0.717) is 30.3 Å². The predicted octanol–water partition coefficient (Wildman–Crippen LogP) is 7.02. The molecule has 2 aromatic carbocycles. The number of aliphatic carboxylic acids is 1. The molecule has 2 saturated heterocycles. The van der Waals surface area contributed by atoms with Crippen LogP contribution in [0.15, 0.2) is 41.3 Å². The van der Waals surface area contributed by atoms with Gasteiger partial charge in [-0.1, -0.05) is 19.9 Å². The Morgan fingerprint density at radius 2 is 1.66 bits per heavy atom. The van der Waals surface area contributed by atoms with Crippen molar-refractivity contribution in [3.63, 3.8) is 0 Å². The molecule has 2 N–H and O–H groups in total. The fourth-order valence-corrected chi connectivity index (χ4v) is 8.94. The molecule has 2 unspecified atom stereocenters. The predicted molar refractivity (Wildman–Crippen MR) is 195 cm³/mol. The Labute approximate surface area is 308 Å². The van der Waals surface area contributed by atoms with Crippen LogP contribution < -0.4 is 10.9 Å². The molecule has 12 heteroatoms. The minimum absolute atomic E-state index is 0.0516. The van der Waals surface area contributed by atoms with E-state index in [1.165, 1.54) is 18.3 Å². The second-order valence-electron chi connectivity index (χ2n) is 15.8. The highest BCUT2D eigenvalue weighted by molar-refractivity contribution is 5.82. The molecule has 1 aliphatic carbocycles. The summed E-state index contributed by atoms with van der Waals surface area (Å²) in [6.07, 6.45) is 0.754. The number of piperazine rings is 1. The van der Waals surface area contributed by atoms with Crippen LogP contribution >= 0.6 is 0 Å². The van der Waals surface area contributed by atoms with Crippen molar-refractivity contribution in [1.82, 2.24) is 19.7 Å². The number of fused-ring (bicyclic) bond motifs is 3. The second kappa shape index (κ2) is 15.4. The zero-order valence-corrected chi connectivity index (χ0v) is 31.2. The Morgan fingerprint density at radius 1 is 1.00 bits per heavy atom. The highest BCUT2D eigenvalue weighted by atomic mass is 19.4. The Hall–Kier alpha value is -4.03. The number of rotatable bonds is 12. The van der Waals surface area contributed by atoms with Gasteiger partial charge in [-0.25, -0.2) is 4.39 Å². The number of hydrogen-bond donors (Lipinski definition) is 2. The Balaban J connectivity index is 1.34. The number of nitrogens with one attached hydrogen (secondary N) is 1. The van der Waals surface area contributed by atoms with Crippen molar-refractivity contribution in [2.24, 2.45) is 5.92 Å². The molecule has 0 radical (unpaired) electrons. The number of benzene rings is 2. The van der Waals surface area contributed by atoms with Crippen molar-refractivity contribution in [3.8, 4) is 11.1 Å². The van der Waals surface area contributed by atoms with Gasteiger partial charge in [0.1, 0.15) is 11.9 Å². The zero-order valence-electron chi connectivity index (χ0n) is 31.2. The smallest absolute Gasteiger partial charge is 0.416 e. The molecule has 1 aromatic heterocycles. The van der Waals surface area contributed by atoms with Gasteiger partial charge in [-0.05, 0) is 134 Å². The first kappa shape index (κ1) is 38.7. The van der Waals surface area contributed by atoms with E-state index in [-0.39, 0.29) is 30.1 Å². The first-order valence-corrected chi connectivity index (χ1v) is 18.7. The van der Waals surface area contributed by atoms with Gasteiger partial charge in [-0.3, -0.25) is 24.2 Å². The van der Waals surface area contributed by atoms with E-state index in [1.807, 2.05) is 39.8 Å². The molecule has 2 aliphatic heterocycles. The summed E-state index contributed by atoms with van der Waals surface area (Å²) in [5.41, 5.74) is 3.90. The molecule has 3 aromatic rings. The molecule has 6 rings (SSSR count). The highest BCUT2D eigenvalue weighted by Gasteiger charge is 2.39. The third-order valence-electron chi connectivity index (χ3n) is 11.5. The summed E-state index contributed by atoms with van der Waals surface area (Å²) < 4.78 is 58.5. The van der Waals surface area contributed by atoms with Crippen LogP contribution in [0.3, 0.4) is 0 Å². The number of nitrogens with zero attached hydrogens (tertiary/aromatic N) is 3. The van der Waals surface area contributed by atoms with Crippen molar-refractivity contribution in [2.45, 2.75) is 109 Å².